The lowest BCUT2D eigenvalue weighted by molar-refractivity contribution is -0.145. The van der Waals surface area contributed by atoms with Gasteiger partial charge in [0.15, 0.2) is 5.96 Å². The van der Waals surface area contributed by atoms with Crippen LogP contribution in [0.4, 0.5) is 0 Å². The van der Waals surface area contributed by atoms with Crippen LogP contribution < -0.4 is 43.8 Å². The number of likely N-dealkylation sites (tertiary alicyclic amines) is 1. The molecule has 6 amide bonds. The maximum Gasteiger partial charge on any atom is 0.327 e. The number of aliphatic imine (C=N–C) groups is 1. The van der Waals surface area contributed by atoms with E-state index in [0.717, 1.165) is 4.90 Å². The predicted octanol–water partition coefficient (Wildman–Crippen LogP) is -6.18. The number of rotatable bonds is 21. The number of aliphatic hydroxyl groups excluding tert-OH is 1. The van der Waals surface area contributed by atoms with Gasteiger partial charge in [0.25, 0.3) is 0 Å². The van der Waals surface area contributed by atoms with Crippen LogP contribution in [-0.4, -0.2) is 148 Å². The maximum atomic E-state index is 13.3. The SMILES string of the molecule is NC(N)=NCCC[C@H](NC(=O)CNC(=O)[C@H](N)CS)C(=O)N[C@@H](CC(=O)O)C(=O)N[C@@H](CO)C(=O)N1CCC[C@H]1C(=O)N[C@H](CS)C(=O)O. The molecule has 0 aromatic heterocycles. The minimum atomic E-state index is -1.82. The van der Waals surface area contributed by atoms with Crippen molar-refractivity contribution < 1.29 is 53.7 Å². The lowest BCUT2D eigenvalue weighted by Crippen LogP contribution is -2.60. The molecule has 0 bridgehead atoms. The van der Waals surface area contributed by atoms with Crippen LogP contribution >= 0.6 is 25.3 Å². The van der Waals surface area contributed by atoms with Crippen molar-refractivity contribution in [1.82, 2.24) is 31.5 Å². The Morgan fingerprint density at radius 1 is 0.857 bits per heavy atom. The van der Waals surface area contributed by atoms with Gasteiger partial charge in [-0.3, -0.25) is 38.6 Å². The number of carboxylic acids is 2. The molecule has 14 N–H and O–H groups in total. The molecule has 1 aliphatic heterocycles. The number of nitrogens with two attached hydrogens (primary N) is 3. The molecule has 6 atom stereocenters. The number of aliphatic carboxylic acids is 2. The summed E-state index contributed by atoms with van der Waals surface area (Å²) in [4.78, 5) is 105. The van der Waals surface area contributed by atoms with E-state index in [1.165, 1.54) is 0 Å². The van der Waals surface area contributed by atoms with Gasteiger partial charge in [0.2, 0.25) is 35.4 Å². The zero-order chi connectivity index (χ0) is 37.3. The zero-order valence-electron chi connectivity index (χ0n) is 26.4. The van der Waals surface area contributed by atoms with Gasteiger partial charge in [-0.2, -0.15) is 25.3 Å². The molecule has 21 nitrogen and oxygen atoms in total. The number of carbonyl (C=O) groups excluding carboxylic acids is 6. The highest BCUT2D eigenvalue weighted by molar-refractivity contribution is 7.80. The number of guanidine groups is 1. The average Bonchev–Trinajstić information content (AvgIpc) is 3.54. The largest absolute Gasteiger partial charge is 0.481 e. The van der Waals surface area contributed by atoms with Crippen molar-refractivity contribution in [3.05, 3.63) is 0 Å². The summed E-state index contributed by atoms with van der Waals surface area (Å²) in [5.41, 5.74) is 16.2. The number of aliphatic hydroxyl groups is 1. The third-order valence-electron chi connectivity index (χ3n) is 7.00. The number of hydrogen-bond acceptors (Lipinski definition) is 13. The lowest BCUT2D eigenvalue weighted by Gasteiger charge is -2.29. The van der Waals surface area contributed by atoms with Gasteiger partial charge in [0.05, 0.1) is 25.6 Å². The molecule has 276 valence electrons. The van der Waals surface area contributed by atoms with Gasteiger partial charge in [-0.15, -0.1) is 0 Å². The Hall–Kier alpha value is -4.35. The highest BCUT2D eigenvalue weighted by Crippen LogP contribution is 2.19. The van der Waals surface area contributed by atoms with Crippen molar-refractivity contribution in [3.63, 3.8) is 0 Å². The lowest BCUT2D eigenvalue weighted by atomic mass is 10.1. The summed E-state index contributed by atoms with van der Waals surface area (Å²) >= 11 is 7.78. The minimum Gasteiger partial charge on any atom is -0.481 e. The Labute approximate surface area is 291 Å². The van der Waals surface area contributed by atoms with Gasteiger partial charge in [0.1, 0.15) is 30.2 Å². The first-order chi connectivity index (χ1) is 23.1. The van der Waals surface area contributed by atoms with Crippen LogP contribution in [0.1, 0.15) is 32.1 Å². The molecule has 1 heterocycles. The van der Waals surface area contributed by atoms with Crippen LogP contribution in [0.3, 0.4) is 0 Å². The fourth-order valence-corrected chi connectivity index (χ4v) is 4.88. The quantitative estimate of drug-likeness (QED) is 0.0226. The fourth-order valence-electron chi connectivity index (χ4n) is 4.47. The number of thiol groups is 2. The highest BCUT2D eigenvalue weighted by atomic mass is 32.1. The van der Waals surface area contributed by atoms with Crippen LogP contribution in [0.15, 0.2) is 4.99 Å². The molecule has 0 saturated carbocycles. The van der Waals surface area contributed by atoms with E-state index < -0.39 is 103 Å². The Kier molecular flexibility index (Phi) is 18.8. The molecule has 1 aliphatic rings. The van der Waals surface area contributed by atoms with Crippen LogP contribution in [-0.2, 0) is 38.4 Å². The highest BCUT2D eigenvalue weighted by Gasteiger charge is 2.39. The molecule has 1 rings (SSSR count). The first kappa shape index (κ1) is 42.7. The second-order valence-electron chi connectivity index (χ2n) is 10.8. The van der Waals surface area contributed by atoms with Gasteiger partial charge < -0.3 is 64.0 Å². The zero-order valence-corrected chi connectivity index (χ0v) is 28.2. The van der Waals surface area contributed by atoms with Crippen LogP contribution in [0, 0.1) is 0 Å². The standard InChI is InChI=1S/C26H44N10O11S2/c27-12(10-48)20(41)31-8-18(38)32-13(3-1-5-30-26(28)29)21(42)33-14(7-19(39)40)22(43)34-15(9-37)24(45)36-6-2-4-17(36)23(44)35-16(11-49)25(46)47/h12-17,37,48-49H,1-11,27H2,(H,31,41)(H,32,38)(H,33,42)(H,34,43)(H,35,44)(H,39,40)(H,46,47)(H4,28,29,30)/t12-,13+,14+,15+,16-,17+/m1/s1. The van der Waals surface area contributed by atoms with E-state index in [1.54, 1.807) is 0 Å². The smallest absolute Gasteiger partial charge is 0.327 e. The molecular weight excluding hydrogens is 692 g/mol. The topological polar surface area (TPSA) is 351 Å². The third-order valence-corrected chi connectivity index (χ3v) is 7.76. The summed E-state index contributed by atoms with van der Waals surface area (Å²) in [7, 11) is 0. The van der Waals surface area contributed by atoms with E-state index in [4.69, 9.17) is 17.2 Å². The van der Waals surface area contributed by atoms with E-state index in [-0.39, 0.29) is 49.8 Å². The summed E-state index contributed by atoms with van der Waals surface area (Å²) in [6, 6.07) is -8.35. The van der Waals surface area contributed by atoms with E-state index in [0.29, 0.717) is 6.42 Å². The maximum absolute atomic E-state index is 13.3. The molecule has 1 fully saturated rings. The Bertz CT molecular complexity index is 1250. The molecule has 0 aromatic rings. The summed E-state index contributed by atoms with van der Waals surface area (Å²) < 4.78 is 0. The molecule has 23 heteroatoms. The number of nitrogens with zero attached hydrogens (tertiary/aromatic N) is 2. The van der Waals surface area contributed by atoms with Crippen molar-refractivity contribution in [2.45, 2.75) is 68.4 Å². The number of carboxylic acid groups (broad SMARTS) is 2. The third kappa shape index (κ3) is 14.7. The van der Waals surface area contributed by atoms with Gasteiger partial charge >= 0.3 is 11.9 Å². The molecule has 0 aromatic carbocycles. The van der Waals surface area contributed by atoms with Gasteiger partial charge in [-0.1, -0.05) is 0 Å². The number of hydrogen-bond donors (Lipinski definition) is 13. The van der Waals surface area contributed by atoms with Crippen molar-refractivity contribution in [2.75, 3.05) is 37.7 Å². The predicted molar refractivity (Wildman–Crippen MR) is 178 cm³/mol. The van der Waals surface area contributed by atoms with Crippen LogP contribution in [0.5, 0.6) is 0 Å². The monoisotopic (exact) mass is 736 g/mol. The van der Waals surface area contributed by atoms with Crippen molar-refractivity contribution in [1.29, 1.82) is 0 Å². The molecule has 1 saturated heterocycles. The molecule has 49 heavy (non-hydrogen) atoms. The second kappa shape index (κ2) is 21.6. The normalized spacial score (nSPS) is 16.9. The summed E-state index contributed by atoms with van der Waals surface area (Å²) in [6.45, 7) is -1.50. The van der Waals surface area contributed by atoms with Crippen LogP contribution in [0.25, 0.3) is 0 Å². The number of amides is 6. The van der Waals surface area contributed by atoms with Crippen molar-refractivity contribution >= 4 is 78.6 Å². The van der Waals surface area contributed by atoms with Gasteiger partial charge in [-0.25, -0.2) is 4.79 Å². The fraction of sp³-hybridized carbons (Fsp3) is 0.654. The first-order valence-corrected chi connectivity index (χ1v) is 16.2. The molecule has 0 aliphatic carbocycles. The van der Waals surface area contributed by atoms with Crippen molar-refractivity contribution in [2.24, 2.45) is 22.2 Å². The number of carbonyl (C=O) groups is 8. The minimum absolute atomic E-state index is 0.00336. The Balaban J connectivity index is 3.09. The summed E-state index contributed by atoms with van der Waals surface area (Å²) in [5, 5.41) is 39.9. The van der Waals surface area contributed by atoms with E-state index in [2.05, 4.69) is 56.8 Å². The summed E-state index contributed by atoms with van der Waals surface area (Å²) in [6.07, 6.45) is -0.455. The molecule has 0 radical (unpaired) electrons. The first-order valence-electron chi connectivity index (χ1n) is 14.9. The summed E-state index contributed by atoms with van der Waals surface area (Å²) in [5.74, 6) is -8.77. The molecular formula is C26H44N10O11S2. The van der Waals surface area contributed by atoms with Crippen LogP contribution in [0.2, 0.25) is 0 Å². The molecule has 0 spiro atoms. The second-order valence-corrected chi connectivity index (χ2v) is 11.5. The van der Waals surface area contributed by atoms with Gasteiger partial charge in [-0.05, 0) is 25.7 Å². The van der Waals surface area contributed by atoms with E-state index in [9.17, 15) is 53.7 Å². The Morgan fingerprint density at radius 2 is 1.49 bits per heavy atom. The van der Waals surface area contributed by atoms with Crippen molar-refractivity contribution in [3.8, 4) is 0 Å². The van der Waals surface area contributed by atoms with Gasteiger partial charge in [0, 0.05) is 24.6 Å². The van der Waals surface area contributed by atoms with E-state index in [1.807, 2.05) is 0 Å². The number of nitrogens with one attached hydrogen (secondary N) is 5. The van der Waals surface area contributed by atoms with E-state index >= 15 is 0 Å². The average molecular weight is 737 g/mol. The Morgan fingerprint density at radius 3 is 2.04 bits per heavy atom. The molecule has 0 unspecified atom stereocenters.